The summed E-state index contributed by atoms with van der Waals surface area (Å²) < 4.78 is -0.930. The number of anilines is 1. The van der Waals surface area contributed by atoms with E-state index in [-0.39, 0.29) is 5.91 Å². The van der Waals surface area contributed by atoms with Gasteiger partial charge in [0.05, 0.1) is 17.3 Å². The maximum atomic E-state index is 11.7. The van der Waals surface area contributed by atoms with E-state index in [0.717, 1.165) is 0 Å². The number of amides is 1. The minimum absolute atomic E-state index is 0.177. The molecule has 1 unspecified atom stereocenters. The van der Waals surface area contributed by atoms with Crippen molar-refractivity contribution in [3.8, 4) is 0 Å². The van der Waals surface area contributed by atoms with Crippen molar-refractivity contribution in [2.45, 2.75) is 17.7 Å². The third kappa shape index (κ3) is 1.38. The van der Waals surface area contributed by atoms with E-state index >= 15 is 0 Å². The Morgan fingerprint density at radius 1 is 1.71 bits per heavy atom. The lowest BCUT2D eigenvalue weighted by Gasteiger charge is -2.10. The second-order valence-electron chi connectivity index (χ2n) is 3.65. The number of nitrogens with zero attached hydrogens (tertiary/aromatic N) is 1. The zero-order chi connectivity index (χ0) is 10.4. The van der Waals surface area contributed by atoms with E-state index in [1.165, 1.54) is 6.20 Å². The maximum Gasteiger partial charge on any atom is 0.233 e. The number of rotatable bonds is 2. The molecule has 6 heteroatoms. The molecule has 1 aliphatic rings. The number of aromatic amines is 1. The van der Waals surface area contributed by atoms with Gasteiger partial charge < -0.3 is 5.32 Å². The zero-order valence-corrected chi connectivity index (χ0v) is 8.99. The predicted octanol–water partition coefficient (Wildman–Crippen LogP) is 1.93. The highest BCUT2D eigenvalue weighted by Gasteiger charge is 2.67. The van der Waals surface area contributed by atoms with E-state index in [1.54, 1.807) is 13.1 Å². The smallest absolute Gasteiger partial charge is 0.233 e. The summed E-state index contributed by atoms with van der Waals surface area (Å²) in [5.74, 6) is -0.177. The van der Waals surface area contributed by atoms with E-state index in [2.05, 4.69) is 15.5 Å². The van der Waals surface area contributed by atoms with Crippen LogP contribution in [0.4, 0.5) is 5.69 Å². The van der Waals surface area contributed by atoms with Gasteiger partial charge in [-0.3, -0.25) is 9.89 Å². The van der Waals surface area contributed by atoms with Crippen LogP contribution in [0.1, 0.15) is 13.3 Å². The molecule has 0 aromatic carbocycles. The van der Waals surface area contributed by atoms with Crippen LogP contribution in [0.5, 0.6) is 0 Å². The number of carbonyl (C=O) groups is 1. The number of hydrogen-bond acceptors (Lipinski definition) is 2. The van der Waals surface area contributed by atoms with Crippen LogP contribution >= 0.6 is 23.2 Å². The molecule has 14 heavy (non-hydrogen) atoms. The van der Waals surface area contributed by atoms with E-state index in [0.29, 0.717) is 12.1 Å². The topological polar surface area (TPSA) is 57.8 Å². The highest BCUT2D eigenvalue weighted by atomic mass is 35.5. The Kier molecular flexibility index (Phi) is 2.01. The first-order valence-corrected chi connectivity index (χ1v) is 4.89. The van der Waals surface area contributed by atoms with Crippen molar-refractivity contribution < 1.29 is 4.79 Å². The molecule has 1 saturated carbocycles. The molecule has 76 valence electrons. The molecule has 1 atom stereocenters. The fourth-order valence-corrected chi connectivity index (χ4v) is 1.94. The predicted molar refractivity (Wildman–Crippen MR) is 54.4 cm³/mol. The van der Waals surface area contributed by atoms with Crippen LogP contribution in [0.15, 0.2) is 12.4 Å². The Bertz CT molecular complexity index is 363. The van der Waals surface area contributed by atoms with Crippen LogP contribution in [-0.4, -0.2) is 20.4 Å². The van der Waals surface area contributed by atoms with Gasteiger partial charge in [-0.2, -0.15) is 5.10 Å². The van der Waals surface area contributed by atoms with E-state index < -0.39 is 9.75 Å². The molecule has 0 aliphatic heterocycles. The van der Waals surface area contributed by atoms with Crippen molar-refractivity contribution in [1.29, 1.82) is 0 Å². The highest BCUT2D eigenvalue weighted by molar-refractivity contribution is 6.53. The van der Waals surface area contributed by atoms with Gasteiger partial charge in [-0.15, -0.1) is 23.2 Å². The minimum atomic E-state index is -0.930. The first kappa shape index (κ1) is 9.80. The van der Waals surface area contributed by atoms with Gasteiger partial charge in [0.1, 0.15) is 4.33 Å². The largest absolute Gasteiger partial charge is 0.323 e. The Balaban J connectivity index is 2.05. The van der Waals surface area contributed by atoms with Crippen molar-refractivity contribution in [3.63, 3.8) is 0 Å². The van der Waals surface area contributed by atoms with Crippen LogP contribution in [0.25, 0.3) is 0 Å². The number of alkyl halides is 2. The summed E-state index contributed by atoms with van der Waals surface area (Å²) in [7, 11) is 0. The van der Waals surface area contributed by atoms with Crippen molar-refractivity contribution in [3.05, 3.63) is 12.4 Å². The molecule has 0 bridgehead atoms. The Labute approximate surface area is 91.0 Å². The van der Waals surface area contributed by atoms with Crippen LogP contribution in [0, 0.1) is 5.41 Å². The van der Waals surface area contributed by atoms with Crippen LogP contribution in [-0.2, 0) is 4.79 Å². The molecule has 1 aromatic heterocycles. The molecular formula is C8H9Cl2N3O. The minimum Gasteiger partial charge on any atom is -0.323 e. The molecule has 1 aliphatic carbocycles. The number of nitrogens with one attached hydrogen (secondary N) is 2. The van der Waals surface area contributed by atoms with Crippen molar-refractivity contribution in [1.82, 2.24) is 10.2 Å². The van der Waals surface area contributed by atoms with Gasteiger partial charge >= 0.3 is 0 Å². The molecule has 2 N–H and O–H groups in total. The fraction of sp³-hybridized carbons (Fsp3) is 0.500. The van der Waals surface area contributed by atoms with E-state index in [9.17, 15) is 4.79 Å². The number of carbonyl (C=O) groups excluding carboxylic acids is 1. The normalized spacial score (nSPS) is 28.5. The van der Waals surface area contributed by atoms with Crippen LogP contribution < -0.4 is 5.32 Å². The third-order valence-electron chi connectivity index (χ3n) is 2.52. The number of hydrogen-bond donors (Lipinski definition) is 2. The molecule has 1 amide bonds. The summed E-state index contributed by atoms with van der Waals surface area (Å²) in [6, 6.07) is 0. The highest BCUT2D eigenvalue weighted by Crippen LogP contribution is 2.64. The van der Waals surface area contributed by atoms with Gasteiger partial charge in [-0.05, 0) is 13.3 Å². The van der Waals surface area contributed by atoms with Gasteiger partial charge in [-0.1, -0.05) is 0 Å². The summed E-state index contributed by atoms with van der Waals surface area (Å²) in [6.45, 7) is 1.74. The molecule has 0 radical (unpaired) electrons. The van der Waals surface area contributed by atoms with Gasteiger partial charge in [0.25, 0.3) is 0 Å². The molecule has 1 aromatic rings. The lowest BCUT2D eigenvalue weighted by atomic mass is 10.1. The number of aromatic nitrogens is 2. The zero-order valence-electron chi connectivity index (χ0n) is 7.47. The maximum absolute atomic E-state index is 11.7. The van der Waals surface area contributed by atoms with Crippen molar-refractivity contribution >= 4 is 34.8 Å². The summed E-state index contributed by atoms with van der Waals surface area (Å²) in [5, 5.41) is 8.98. The first-order chi connectivity index (χ1) is 6.46. The van der Waals surface area contributed by atoms with Crippen LogP contribution in [0.2, 0.25) is 0 Å². The lowest BCUT2D eigenvalue weighted by molar-refractivity contribution is -0.120. The fourth-order valence-electron chi connectivity index (χ4n) is 1.23. The second kappa shape index (κ2) is 2.87. The third-order valence-corrected chi connectivity index (χ3v) is 3.62. The van der Waals surface area contributed by atoms with Gasteiger partial charge in [-0.25, -0.2) is 0 Å². The van der Waals surface area contributed by atoms with Crippen molar-refractivity contribution in [2.75, 3.05) is 5.32 Å². The summed E-state index contributed by atoms with van der Waals surface area (Å²) in [6.07, 6.45) is 3.59. The van der Waals surface area contributed by atoms with Crippen LogP contribution in [0.3, 0.4) is 0 Å². The van der Waals surface area contributed by atoms with Crippen molar-refractivity contribution in [2.24, 2.45) is 5.41 Å². The molecule has 4 nitrogen and oxygen atoms in total. The molecule has 1 fully saturated rings. The SMILES string of the molecule is CC1(C(=O)Nc2cn[nH]c2)CC1(Cl)Cl. The summed E-state index contributed by atoms with van der Waals surface area (Å²) in [5.41, 5.74) is -0.0693. The lowest BCUT2D eigenvalue weighted by Crippen LogP contribution is -2.25. The molecular weight excluding hydrogens is 225 g/mol. The average Bonchev–Trinajstić information content (AvgIpc) is 2.54. The average molecular weight is 234 g/mol. The Morgan fingerprint density at radius 2 is 2.36 bits per heavy atom. The van der Waals surface area contributed by atoms with Gasteiger partial charge in [0.2, 0.25) is 5.91 Å². The second-order valence-corrected chi connectivity index (χ2v) is 5.14. The Hall–Kier alpha value is -0.740. The summed E-state index contributed by atoms with van der Waals surface area (Å²) in [4.78, 5) is 11.7. The van der Waals surface area contributed by atoms with E-state index in [1.807, 2.05) is 0 Å². The number of H-pyrrole nitrogens is 1. The van der Waals surface area contributed by atoms with E-state index in [4.69, 9.17) is 23.2 Å². The molecule has 0 spiro atoms. The summed E-state index contributed by atoms with van der Waals surface area (Å²) >= 11 is 11.7. The Morgan fingerprint density at radius 3 is 2.79 bits per heavy atom. The number of halogens is 2. The van der Waals surface area contributed by atoms with Gasteiger partial charge in [0.15, 0.2) is 0 Å². The molecule has 1 heterocycles. The molecule has 2 rings (SSSR count). The quantitative estimate of drug-likeness (QED) is 0.768. The standard InChI is InChI=1S/C8H9Cl2N3O/c1-7(4-8(7,9)10)6(14)13-5-2-11-12-3-5/h2-3H,4H2,1H3,(H,11,12)(H,13,14). The van der Waals surface area contributed by atoms with Gasteiger partial charge in [0, 0.05) is 6.20 Å². The molecule has 0 saturated heterocycles. The monoisotopic (exact) mass is 233 g/mol. The first-order valence-electron chi connectivity index (χ1n) is 4.14.